The molecule has 1 aliphatic rings. The van der Waals surface area contributed by atoms with E-state index in [9.17, 15) is 0 Å². The topological polar surface area (TPSA) is 26.0 Å². The fraction of sp³-hybridized carbons (Fsp3) is 1.00. The lowest BCUT2D eigenvalue weighted by molar-refractivity contribution is 0.372. The van der Waals surface area contributed by atoms with Gasteiger partial charge in [0.05, 0.1) is 0 Å². The zero-order valence-corrected chi connectivity index (χ0v) is 10.3. The standard InChI is InChI=1S/C13H27N/c1-5-6-12(14)10(2)7-8-11-9-13(11,3)4/h10-12H,5-9,14H2,1-4H3/t10?,11?,12-/m1/s1. The van der Waals surface area contributed by atoms with Crippen LogP contribution in [0.1, 0.15) is 59.8 Å². The van der Waals surface area contributed by atoms with Crippen LogP contribution in [0.15, 0.2) is 0 Å². The third-order valence-corrected chi connectivity index (χ3v) is 4.04. The second-order valence-electron chi connectivity index (χ2n) is 5.90. The Morgan fingerprint density at radius 1 is 1.36 bits per heavy atom. The van der Waals surface area contributed by atoms with Crippen LogP contribution in [0.25, 0.3) is 0 Å². The molecule has 14 heavy (non-hydrogen) atoms. The summed E-state index contributed by atoms with van der Waals surface area (Å²) in [6, 6.07) is 0.432. The van der Waals surface area contributed by atoms with Crippen molar-refractivity contribution in [2.75, 3.05) is 0 Å². The molecule has 84 valence electrons. The van der Waals surface area contributed by atoms with Crippen molar-refractivity contribution >= 4 is 0 Å². The molecule has 0 heterocycles. The minimum atomic E-state index is 0.432. The fourth-order valence-corrected chi connectivity index (χ4v) is 2.36. The lowest BCUT2D eigenvalue weighted by atomic mass is 9.92. The molecular weight excluding hydrogens is 170 g/mol. The average molecular weight is 197 g/mol. The minimum absolute atomic E-state index is 0.432. The summed E-state index contributed by atoms with van der Waals surface area (Å²) >= 11 is 0. The van der Waals surface area contributed by atoms with Crippen molar-refractivity contribution in [3.63, 3.8) is 0 Å². The SMILES string of the molecule is CCC[C@@H](N)C(C)CCC1CC1(C)C. The highest BCUT2D eigenvalue weighted by atomic mass is 14.6. The quantitative estimate of drug-likeness (QED) is 0.692. The first-order valence-corrected chi connectivity index (χ1v) is 6.23. The molecule has 0 amide bonds. The van der Waals surface area contributed by atoms with Crippen LogP contribution in [0.2, 0.25) is 0 Å². The highest BCUT2D eigenvalue weighted by molar-refractivity contribution is 4.95. The molecule has 1 rings (SSSR count). The Kier molecular flexibility index (Phi) is 4.00. The molecule has 0 spiro atoms. The van der Waals surface area contributed by atoms with E-state index in [1.54, 1.807) is 0 Å². The smallest absolute Gasteiger partial charge is 0.00644 e. The molecule has 2 unspecified atom stereocenters. The number of nitrogens with two attached hydrogens (primary N) is 1. The van der Waals surface area contributed by atoms with Gasteiger partial charge in [-0.25, -0.2) is 0 Å². The van der Waals surface area contributed by atoms with E-state index in [0.29, 0.717) is 17.4 Å². The van der Waals surface area contributed by atoms with E-state index in [0.717, 1.165) is 5.92 Å². The van der Waals surface area contributed by atoms with Gasteiger partial charge in [-0.3, -0.25) is 0 Å². The summed E-state index contributed by atoms with van der Waals surface area (Å²) in [5.74, 6) is 1.70. The predicted octanol–water partition coefficient (Wildman–Crippen LogP) is 3.58. The van der Waals surface area contributed by atoms with Gasteiger partial charge in [-0.15, -0.1) is 0 Å². The van der Waals surface area contributed by atoms with E-state index in [2.05, 4.69) is 27.7 Å². The summed E-state index contributed by atoms with van der Waals surface area (Å²) < 4.78 is 0. The third-order valence-electron chi connectivity index (χ3n) is 4.04. The molecule has 0 aromatic heterocycles. The predicted molar refractivity (Wildman–Crippen MR) is 63.2 cm³/mol. The Morgan fingerprint density at radius 2 is 1.93 bits per heavy atom. The first-order chi connectivity index (χ1) is 6.47. The summed E-state index contributed by atoms with van der Waals surface area (Å²) in [4.78, 5) is 0. The van der Waals surface area contributed by atoms with Crippen LogP contribution >= 0.6 is 0 Å². The van der Waals surface area contributed by atoms with Crippen LogP contribution < -0.4 is 5.73 Å². The summed E-state index contributed by atoms with van der Waals surface area (Å²) in [5.41, 5.74) is 6.75. The highest BCUT2D eigenvalue weighted by Crippen LogP contribution is 2.54. The monoisotopic (exact) mass is 197 g/mol. The fourth-order valence-electron chi connectivity index (χ4n) is 2.36. The second kappa shape index (κ2) is 4.65. The highest BCUT2D eigenvalue weighted by Gasteiger charge is 2.44. The number of hydrogen-bond donors (Lipinski definition) is 1. The summed E-state index contributed by atoms with van der Waals surface area (Å²) in [7, 11) is 0. The first kappa shape index (κ1) is 12.0. The van der Waals surface area contributed by atoms with E-state index >= 15 is 0 Å². The molecule has 0 radical (unpaired) electrons. The van der Waals surface area contributed by atoms with Gasteiger partial charge >= 0.3 is 0 Å². The first-order valence-electron chi connectivity index (χ1n) is 6.23. The molecule has 2 N–H and O–H groups in total. The van der Waals surface area contributed by atoms with E-state index in [1.807, 2.05) is 0 Å². The van der Waals surface area contributed by atoms with Gasteiger partial charge in [0.2, 0.25) is 0 Å². The zero-order valence-electron chi connectivity index (χ0n) is 10.3. The van der Waals surface area contributed by atoms with Gasteiger partial charge in [0.15, 0.2) is 0 Å². The van der Waals surface area contributed by atoms with Gasteiger partial charge in [-0.05, 0) is 42.9 Å². The van der Waals surface area contributed by atoms with E-state index in [-0.39, 0.29) is 0 Å². The lowest BCUT2D eigenvalue weighted by Crippen LogP contribution is -2.28. The van der Waals surface area contributed by atoms with Gasteiger partial charge in [-0.2, -0.15) is 0 Å². The van der Waals surface area contributed by atoms with Gasteiger partial charge in [-0.1, -0.05) is 34.1 Å². The molecule has 1 fully saturated rings. The van der Waals surface area contributed by atoms with Crippen molar-refractivity contribution in [1.82, 2.24) is 0 Å². The third kappa shape index (κ3) is 3.27. The maximum Gasteiger partial charge on any atom is 0.00644 e. The lowest BCUT2D eigenvalue weighted by Gasteiger charge is -2.19. The van der Waals surface area contributed by atoms with E-state index in [1.165, 1.54) is 32.1 Å². The molecule has 3 atom stereocenters. The van der Waals surface area contributed by atoms with Crippen LogP contribution in [0.5, 0.6) is 0 Å². The van der Waals surface area contributed by atoms with E-state index < -0.39 is 0 Å². The normalized spacial score (nSPS) is 28.5. The molecule has 0 bridgehead atoms. The van der Waals surface area contributed by atoms with Crippen molar-refractivity contribution < 1.29 is 0 Å². The van der Waals surface area contributed by atoms with Gasteiger partial charge in [0.25, 0.3) is 0 Å². The molecule has 0 saturated heterocycles. The largest absolute Gasteiger partial charge is 0.327 e. The number of hydrogen-bond acceptors (Lipinski definition) is 1. The molecule has 1 aliphatic carbocycles. The van der Waals surface area contributed by atoms with Gasteiger partial charge in [0.1, 0.15) is 0 Å². The molecule has 0 aromatic carbocycles. The maximum absolute atomic E-state index is 6.10. The van der Waals surface area contributed by atoms with E-state index in [4.69, 9.17) is 5.73 Å². The molecule has 0 aliphatic heterocycles. The van der Waals surface area contributed by atoms with Crippen molar-refractivity contribution in [2.45, 2.75) is 65.8 Å². The average Bonchev–Trinajstić information content (AvgIpc) is 2.70. The van der Waals surface area contributed by atoms with Crippen LogP contribution in [0, 0.1) is 17.3 Å². The Hall–Kier alpha value is -0.0400. The van der Waals surface area contributed by atoms with Crippen molar-refractivity contribution in [1.29, 1.82) is 0 Å². The molecule has 1 heteroatoms. The summed E-state index contributed by atoms with van der Waals surface area (Å²) in [6.45, 7) is 9.30. The Labute approximate surface area is 89.5 Å². The maximum atomic E-state index is 6.10. The summed E-state index contributed by atoms with van der Waals surface area (Å²) in [6.07, 6.45) is 6.57. The molecule has 0 aromatic rings. The van der Waals surface area contributed by atoms with Gasteiger partial charge < -0.3 is 5.73 Å². The minimum Gasteiger partial charge on any atom is -0.327 e. The van der Waals surface area contributed by atoms with Crippen LogP contribution in [0.3, 0.4) is 0 Å². The Balaban J connectivity index is 2.12. The Bertz CT molecular complexity index is 174. The number of rotatable bonds is 6. The Morgan fingerprint density at radius 3 is 2.36 bits per heavy atom. The molecular formula is C13H27N. The van der Waals surface area contributed by atoms with Crippen LogP contribution in [0.4, 0.5) is 0 Å². The van der Waals surface area contributed by atoms with Crippen LogP contribution in [-0.2, 0) is 0 Å². The van der Waals surface area contributed by atoms with Crippen molar-refractivity contribution in [3.05, 3.63) is 0 Å². The van der Waals surface area contributed by atoms with Crippen LogP contribution in [-0.4, -0.2) is 6.04 Å². The second-order valence-corrected chi connectivity index (χ2v) is 5.90. The molecule has 1 nitrogen and oxygen atoms in total. The van der Waals surface area contributed by atoms with Crippen molar-refractivity contribution in [2.24, 2.45) is 23.0 Å². The van der Waals surface area contributed by atoms with Gasteiger partial charge in [0, 0.05) is 6.04 Å². The molecule has 1 saturated carbocycles. The zero-order chi connectivity index (χ0) is 10.8. The summed E-state index contributed by atoms with van der Waals surface area (Å²) in [5, 5.41) is 0. The van der Waals surface area contributed by atoms with Crippen molar-refractivity contribution in [3.8, 4) is 0 Å².